The number of phenols is 2. The molecule has 3 nitrogen and oxygen atoms in total. The molecule has 0 bridgehead atoms. The molecular weight excluding hydrogens is 210 g/mol. The second kappa shape index (κ2) is 2.62. The Morgan fingerprint density at radius 1 is 1.36 bits per heavy atom. The average Bonchev–Trinajstić information content (AvgIpc) is 1.97. The molecule has 0 saturated carbocycles. The Hall–Kier alpha value is -0.900. The van der Waals surface area contributed by atoms with Crippen LogP contribution in [0.25, 0.3) is 0 Å². The van der Waals surface area contributed by atoms with Crippen LogP contribution >= 0.6 is 15.9 Å². The molecule has 0 heterocycles. The summed E-state index contributed by atoms with van der Waals surface area (Å²) < 4.78 is 0.476. The molecule has 0 spiro atoms. The molecule has 4 heteroatoms. The van der Waals surface area contributed by atoms with Gasteiger partial charge in [-0.15, -0.1) is 0 Å². The van der Waals surface area contributed by atoms with Crippen molar-refractivity contribution >= 4 is 21.6 Å². The third-order valence-electron chi connectivity index (χ3n) is 1.42. The summed E-state index contributed by atoms with van der Waals surface area (Å²) in [5.41, 5.74) is 6.33. The van der Waals surface area contributed by atoms with Crippen molar-refractivity contribution in [1.29, 1.82) is 0 Å². The monoisotopic (exact) mass is 217 g/mol. The zero-order chi connectivity index (χ0) is 8.59. The van der Waals surface area contributed by atoms with Crippen molar-refractivity contribution in [2.24, 2.45) is 0 Å². The minimum absolute atomic E-state index is 0.184. The smallest absolute Gasteiger partial charge is 0.182 e. The number of nitrogens with two attached hydrogens (primary N) is 1. The maximum absolute atomic E-state index is 9.19. The molecule has 0 aliphatic rings. The van der Waals surface area contributed by atoms with Crippen molar-refractivity contribution < 1.29 is 10.2 Å². The van der Waals surface area contributed by atoms with Gasteiger partial charge in [-0.2, -0.15) is 0 Å². The number of rotatable bonds is 0. The first-order valence-electron chi connectivity index (χ1n) is 3.00. The highest BCUT2D eigenvalue weighted by molar-refractivity contribution is 9.10. The van der Waals surface area contributed by atoms with Gasteiger partial charge in [0.25, 0.3) is 0 Å². The first-order valence-corrected chi connectivity index (χ1v) is 3.80. The maximum atomic E-state index is 9.19. The molecule has 0 fully saturated rings. The van der Waals surface area contributed by atoms with Crippen LogP contribution in [0.5, 0.6) is 11.5 Å². The number of benzene rings is 1. The van der Waals surface area contributed by atoms with E-state index in [4.69, 9.17) is 10.8 Å². The van der Waals surface area contributed by atoms with Gasteiger partial charge < -0.3 is 15.9 Å². The van der Waals surface area contributed by atoms with Crippen LogP contribution in [0.2, 0.25) is 0 Å². The predicted molar refractivity (Wildman–Crippen MR) is 46.6 cm³/mol. The van der Waals surface area contributed by atoms with Crippen LogP contribution in [0.1, 0.15) is 5.56 Å². The topological polar surface area (TPSA) is 66.5 Å². The Morgan fingerprint density at radius 2 is 1.91 bits per heavy atom. The first-order chi connectivity index (χ1) is 5.04. The molecule has 0 aliphatic heterocycles. The van der Waals surface area contributed by atoms with Gasteiger partial charge in [-0.05, 0) is 34.5 Å². The van der Waals surface area contributed by atoms with E-state index < -0.39 is 0 Å². The van der Waals surface area contributed by atoms with Crippen LogP contribution in [0.4, 0.5) is 5.69 Å². The van der Waals surface area contributed by atoms with E-state index in [1.54, 1.807) is 13.0 Å². The number of nitrogen functional groups attached to an aromatic ring is 1. The zero-order valence-electron chi connectivity index (χ0n) is 5.93. The summed E-state index contributed by atoms with van der Waals surface area (Å²) in [5.74, 6) is -0.482. The zero-order valence-corrected chi connectivity index (χ0v) is 7.51. The van der Waals surface area contributed by atoms with E-state index in [2.05, 4.69) is 15.9 Å². The molecular formula is C7H8BrNO2. The molecule has 0 aromatic heterocycles. The fourth-order valence-corrected chi connectivity index (χ4v) is 1.09. The standard InChI is InChI=1S/C7H8BrNO2/c1-3-2-4(9)6(10)7(11)5(3)8/h2,10-11H,9H2,1H3. The van der Waals surface area contributed by atoms with Crippen molar-refractivity contribution in [3.05, 3.63) is 16.1 Å². The summed E-state index contributed by atoms with van der Waals surface area (Å²) in [6, 6.07) is 1.58. The Balaban J connectivity index is 3.46. The molecule has 0 aliphatic carbocycles. The fourth-order valence-electron chi connectivity index (χ4n) is 0.792. The number of halogens is 1. The highest BCUT2D eigenvalue weighted by Crippen LogP contribution is 2.39. The fraction of sp³-hybridized carbons (Fsp3) is 0.143. The third-order valence-corrected chi connectivity index (χ3v) is 2.42. The maximum Gasteiger partial charge on any atom is 0.182 e. The summed E-state index contributed by atoms with van der Waals surface area (Å²) in [6.45, 7) is 1.78. The molecule has 4 N–H and O–H groups in total. The largest absolute Gasteiger partial charge is 0.503 e. The molecule has 0 unspecified atom stereocenters. The molecule has 1 rings (SSSR count). The lowest BCUT2D eigenvalue weighted by atomic mass is 10.2. The molecule has 0 saturated heterocycles. The van der Waals surface area contributed by atoms with Crippen molar-refractivity contribution in [2.75, 3.05) is 5.73 Å². The second-order valence-corrected chi connectivity index (χ2v) is 3.09. The molecule has 60 valence electrons. The quantitative estimate of drug-likeness (QED) is 0.459. The van der Waals surface area contributed by atoms with Crippen molar-refractivity contribution in [3.8, 4) is 11.5 Å². The Labute approximate surface area is 72.6 Å². The minimum Gasteiger partial charge on any atom is -0.503 e. The number of phenolic OH excluding ortho intramolecular Hbond substituents is 2. The predicted octanol–water partition coefficient (Wildman–Crippen LogP) is 1.75. The molecule has 1 aromatic rings. The molecule has 0 radical (unpaired) electrons. The van der Waals surface area contributed by atoms with Gasteiger partial charge in [0.2, 0.25) is 0 Å². The molecule has 0 atom stereocenters. The second-order valence-electron chi connectivity index (χ2n) is 2.29. The van der Waals surface area contributed by atoms with Gasteiger partial charge >= 0.3 is 0 Å². The number of hydrogen-bond acceptors (Lipinski definition) is 3. The van der Waals surface area contributed by atoms with Gasteiger partial charge in [0.05, 0.1) is 10.2 Å². The SMILES string of the molecule is Cc1cc(N)c(O)c(O)c1Br. The summed E-state index contributed by atoms with van der Waals surface area (Å²) in [4.78, 5) is 0. The summed E-state index contributed by atoms with van der Waals surface area (Å²) in [6.07, 6.45) is 0. The van der Waals surface area contributed by atoms with Crippen LogP contribution in [0, 0.1) is 6.92 Å². The Bertz CT molecular complexity index is 273. The molecule has 1 aromatic carbocycles. The summed E-state index contributed by atoms with van der Waals surface area (Å²) in [5, 5.41) is 18.3. The Morgan fingerprint density at radius 3 is 2.45 bits per heavy atom. The van der Waals surface area contributed by atoms with Crippen LogP contribution in [-0.2, 0) is 0 Å². The van der Waals surface area contributed by atoms with Gasteiger partial charge in [-0.1, -0.05) is 0 Å². The van der Waals surface area contributed by atoms with E-state index in [0.29, 0.717) is 4.47 Å². The van der Waals surface area contributed by atoms with E-state index >= 15 is 0 Å². The van der Waals surface area contributed by atoms with E-state index in [1.165, 1.54) is 0 Å². The van der Waals surface area contributed by atoms with Crippen LogP contribution < -0.4 is 5.73 Å². The number of anilines is 1. The van der Waals surface area contributed by atoms with Crippen molar-refractivity contribution in [1.82, 2.24) is 0 Å². The normalized spacial score (nSPS) is 10.0. The summed E-state index contributed by atoms with van der Waals surface area (Å²) >= 11 is 3.10. The lowest BCUT2D eigenvalue weighted by molar-refractivity contribution is 0.403. The highest BCUT2D eigenvalue weighted by atomic mass is 79.9. The van der Waals surface area contributed by atoms with Crippen LogP contribution in [-0.4, -0.2) is 10.2 Å². The lowest BCUT2D eigenvalue weighted by Crippen LogP contribution is -1.88. The van der Waals surface area contributed by atoms with Gasteiger partial charge in [0.15, 0.2) is 11.5 Å². The lowest BCUT2D eigenvalue weighted by Gasteiger charge is -2.05. The average molecular weight is 218 g/mol. The van der Waals surface area contributed by atoms with E-state index in [9.17, 15) is 5.11 Å². The Kier molecular flexibility index (Phi) is 1.95. The van der Waals surface area contributed by atoms with Crippen molar-refractivity contribution in [3.63, 3.8) is 0 Å². The molecule has 0 amide bonds. The van der Waals surface area contributed by atoms with E-state index in [0.717, 1.165) is 5.56 Å². The third kappa shape index (κ3) is 1.26. The number of aryl methyl sites for hydroxylation is 1. The highest BCUT2D eigenvalue weighted by Gasteiger charge is 2.10. The van der Waals surface area contributed by atoms with E-state index in [1.807, 2.05) is 0 Å². The van der Waals surface area contributed by atoms with Gasteiger partial charge in [0.1, 0.15) is 0 Å². The van der Waals surface area contributed by atoms with Crippen LogP contribution in [0.15, 0.2) is 10.5 Å². The minimum atomic E-state index is -0.275. The van der Waals surface area contributed by atoms with Gasteiger partial charge in [-0.3, -0.25) is 0 Å². The van der Waals surface area contributed by atoms with Gasteiger partial charge in [-0.25, -0.2) is 0 Å². The van der Waals surface area contributed by atoms with Gasteiger partial charge in [0, 0.05) is 0 Å². The summed E-state index contributed by atoms with van der Waals surface area (Å²) in [7, 11) is 0. The first kappa shape index (κ1) is 8.20. The number of hydrogen-bond donors (Lipinski definition) is 3. The van der Waals surface area contributed by atoms with Crippen molar-refractivity contribution in [2.45, 2.75) is 6.92 Å². The molecule has 11 heavy (non-hydrogen) atoms. The van der Waals surface area contributed by atoms with E-state index in [-0.39, 0.29) is 17.2 Å². The van der Waals surface area contributed by atoms with Crippen LogP contribution in [0.3, 0.4) is 0 Å². The number of aromatic hydroxyl groups is 2.